The lowest BCUT2D eigenvalue weighted by Crippen LogP contribution is -2.42. The van der Waals surface area contributed by atoms with Crippen molar-refractivity contribution in [2.24, 2.45) is 16.3 Å². The van der Waals surface area contributed by atoms with Gasteiger partial charge >= 0.3 is 0 Å². The highest BCUT2D eigenvalue weighted by Gasteiger charge is 2.41. The molecule has 0 aromatic rings. The fourth-order valence-electron chi connectivity index (χ4n) is 4.71. The maximum Gasteiger partial charge on any atom is 0.193 e. The summed E-state index contributed by atoms with van der Waals surface area (Å²) >= 11 is 0. The Morgan fingerprint density at radius 3 is 2.73 bits per heavy atom. The zero-order valence-electron chi connectivity index (χ0n) is 14.6. The largest absolute Gasteiger partial charge is 0.357 e. The molecule has 0 aromatic heterocycles. The molecule has 1 atom stereocenters. The van der Waals surface area contributed by atoms with E-state index >= 15 is 0 Å². The molecule has 1 N–H and O–H groups in total. The Bertz CT molecular complexity index is 387. The fourth-order valence-corrected chi connectivity index (χ4v) is 4.71. The number of guanidine groups is 1. The molecule has 0 amide bonds. The van der Waals surface area contributed by atoms with Crippen LogP contribution in [-0.2, 0) is 0 Å². The van der Waals surface area contributed by atoms with Gasteiger partial charge in [0.1, 0.15) is 0 Å². The van der Waals surface area contributed by atoms with E-state index in [9.17, 15) is 0 Å². The smallest absolute Gasteiger partial charge is 0.193 e. The molecule has 0 radical (unpaired) electrons. The van der Waals surface area contributed by atoms with Crippen LogP contribution in [0.2, 0.25) is 0 Å². The van der Waals surface area contributed by atoms with Crippen molar-refractivity contribution < 1.29 is 0 Å². The Morgan fingerprint density at radius 1 is 1.18 bits per heavy atom. The number of likely N-dealkylation sites (tertiary alicyclic amines) is 2. The molecule has 3 rings (SSSR count). The summed E-state index contributed by atoms with van der Waals surface area (Å²) in [6.07, 6.45) is 9.82. The van der Waals surface area contributed by atoms with Crippen LogP contribution in [0, 0.1) is 11.3 Å². The summed E-state index contributed by atoms with van der Waals surface area (Å²) in [7, 11) is 2.24. The Morgan fingerprint density at radius 2 is 2.00 bits per heavy atom. The van der Waals surface area contributed by atoms with Gasteiger partial charge in [-0.2, -0.15) is 0 Å². The van der Waals surface area contributed by atoms with Crippen LogP contribution in [0.15, 0.2) is 4.99 Å². The third-order valence-corrected chi connectivity index (χ3v) is 5.96. The number of nitrogens with zero attached hydrogens (tertiary/aromatic N) is 3. The molecule has 2 saturated heterocycles. The molecular formula is C18H34N4. The molecule has 4 heteroatoms. The summed E-state index contributed by atoms with van der Waals surface area (Å²) in [5.74, 6) is 1.93. The maximum absolute atomic E-state index is 5.01. The van der Waals surface area contributed by atoms with Gasteiger partial charge in [0.15, 0.2) is 5.96 Å². The summed E-state index contributed by atoms with van der Waals surface area (Å²) in [4.78, 5) is 10.0. The minimum Gasteiger partial charge on any atom is -0.357 e. The van der Waals surface area contributed by atoms with Crippen molar-refractivity contribution in [2.75, 3.05) is 46.3 Å². The van der Waals surface area contributed by atoms with Gasteiger partial charge in [-0.15, -0.1) is 0 Å². The second-order valence-corrected chi connectivity index (χ2v) is 7.84. The normalized spacial score (nSPS) is 29.5. The Labute approximate surface area is 136 Å². The predicted octanol–water partition coefficient (Wildman–Crippen LogP) is 2.56. The topological polar surface area (TPSA) is 30.9 Å². The highest BCUT2D eigenvalue weighted by atomic mass is 15.3. The van der Waals surface area contributed by atoms with Crippen molar-refractivity contribution in [1.29, 1.82) is 0 Å². The van der Waals surface area contributed by atoms with Gasteiger partial charge in [0.25, 0.3) is 0 Å². The fraction of sp³-hybridized carbons (Fsp3) is 0.944. The average molecular weight is 306 g/mol. The van der Waals surface area contributed by atoms with Crippen molar-refractivity contribution in [2.45, 2.75) is 51.9 Å². The molecule has 3 fully saturated rings. The lowest BCUT2D eigenvalue weighted by Gasteiger charge is -2.30. The zero-order chi connectivity index (χ0) is 15.4. The van der Waals surface area contributed by atoms with Gasteiger partial charge in [0, 0.05) is 32.7 Å². The van der Waals surface area contributed by atoms with E-state index in [0.29, 0.717) is 5.41 Å². The maximum atomic E-state index is 5.01. The van der Waals surface area contributed by atoms with E-state index < -0.39 is 0 Å². The van der Waals surface area contributed by atoms with Crippen LogP contribution in [-0.4, -0.2) is 62.1 Å². The van der Waals surface area contributed by atoms with Crippen LogP contribution < -0.4 is 5.32 Å². The molecular weight excluding hydrogens is 272 g/mol. The van der Waals surface area contributed by atoms with Crippen molar-refractivity contribution in [1.82, 2.24) is 15.1 Å². The highest BCUT2D eigenvalue weighted by molar-refractivity contribution is 5.80. The number of hydrogen-bond donors (Lipinski definition) is 1. The van der Waals surface area contributed by atoms with Crippen LogP contribution in [0.3, 0.4) is 0 Å². The molecule has 4 nitrogen and oxygen atoms in total. The number of piperidine rings is 1. The summed E-state index contributed by atoms with van der Waals surface area (Å²) < 4.78 is 0. The van der Waals surface area contributed by atoms with Gasteiger partial charge in [-0.25, -0.2) is 0 Å². The monoisotopic (exact) mass is 306 g/mol. The van der Waals surface area contributed by atoms with Gasteiger partial charge < -0.3 is 15.1 Å². The van der Waals surface area contributed by atoms with E-state index in [1.807, 2.05) is 0 Å². The molecule has 1 unspecified atom stereocenters. The first kappa shape index (κ1) is 16.1. The number of hydrogen-bond acceptors (Lipinski definition) is 2. The average Bonchev–Trinajstić information content (AvgIpc) is 3.14. The van der Waals surface area contributed by atoms with Gasteiger partial charge in [-0.05, 0) is 64.0 Å². The lowest BCUT2D eigenvalue weighted by molar-refractivity contribution is 0.214. The molecule has 126 valence electrons. The zero-order valence-corrected chi connectivity index (χ0v) is 14.6. The quantitative estimate of drug-likeness (QED) is 0.642. The molecule has 2 aliphatic heterocycles. The number of rotatable bonds is 3. The lowest BCUT2D eigenvalue weighted by atomic mass is 9.86. The molecule has 3 aliphatic rings. The summed E-state index contributed by atoms with van der Waals surface area (Å²) in [5.41, 5.74) is 0.626. The molecule has 1 saturated carbocycles. The second-order valence-electron chi connectivity index (χ2n) is 7.84. The van der Waals surface area contributed by atoms with Crippen LogP contribution in [0.1, 0.15) is 51.9 Å². The Kier molecular flexibility index (Phi) is 5.27. The van der Waals surface area contributed by atoms with Crippen LogP contribution in [0.25, 0.3) is 0 Å². The van der Waals surface area contributed by atoms with Crippen LogP contribution in [0.5, 0.6) is 0 Å². The third-order valence-electron chi connectivity index (χ3n) is 5.96. The molecule has 2 heterocycles. The molecule has 0 aromatic carbocycles. The van der Waals surface area contributed by atoms with E-state index in [2.05, 4.69) is 29.1 Å². The van der Waals surface area contributed by atoms with E-state index in [1.54, 1.807) is 0 Å². The third kappa shape index (κ3) is 3.76. The van der Waals surface area contributed by atoms with Crippen LogP contribution in [0.4, 0.5) is 0 Å². The predicted molar refractivity (Wildman–Crippen MR) is 93.3 cm³/mol. The molecule has 1 spiro atoms. The first-order valence-corrected chi connectivity index (χ1v) is 9.43. The van der Waals surface area contributed by atoms with E-state index in [1.165, 1.54) is 77.1 Å². The van der Waals surface area contributed by atoms with E-state index in [-0.39, 0.29) is 0 Å². The standard InChI is InChI=1S/C18H34N4/c1-3-19-17(20-13-16-7-6-11-21(2)14-16)22-12-10-18(15-22)8-4-5-9-18/h16H,3-15H2,1-2H3,(H,19,20). The van der Waals surface area contributed by atoms with Crippen molar-refractivity contribution in [3.05, 3.63) is 0 Å². The summed E-state index contributed by atoms with van der Waals surface area (Å²) in [6, 6.07) is 0. The molecule has 22 heavy (non-hydrogen) atoms. The summed E-state index contributed by atoms with van der Waals surface area (Å²) in [6.45, 7) is 9.08. The first-order chi connectivity index (χ1) is 10.7. The highest BCUT2D eigenvalue weighted by Crippen LogP contribution is 2.45. The van der Waals surface area contributed by atoms with E-state index in [4.69, 9.17) is 4.99 Å². The SMILES string of the molecule is CCNC(=NCC1CCCN(C)C1)N1CCC2(CCCC2)C1. The van der Waals surface area contributed by atoms with Crippen molar-refractivity contribution in [3.8, 4) is 0 Å². The van der Waals surface area contributed by atoms with Gasteiger partial charge in [-0.3, -0.25) is 4.99 Å². The minimum absolute atomic E-state index is 0.626. The second kappa shape index (κ2) is 7.20. The number of nitrogens with one attached hydrogen (secondary N) is 1. The Balaban J connectivity index is 1.58. The molecule has 1 aliphatic carbocycles. The van der Waals surface area contributed by atoms with Crippen molar-refractivity contribution in [3.63, 3.8) is 0 Å². The van der Waals surface area contributed by atoms with Crippen LogP contribution >= 0.6 is 0 Å². The summed E-state index contributed by atoms with van der Waals surface area (Å²) in [5, 5.41) is 3.54. The minimum atomic E-state index is 0.626. The van der Waals surface area contributed by atoms with Gasteiger partial charge in [0.2, 0.25) is 0 Å². The van der Waals surface area contributed by atoms with Crippen molar-refractivity contribution >= 4 is 5.96 Å². The number of aliphatic imine (C=N–C) groups is 1. The Hall–Kier alpha value is -0.770. The first-order valence-electron chi connectivity index (χ1n) is 9.43. The van der Waals surface area contributed by atoms with Gasteiger partial charge in [0.05, 0.1) is 0 Å². The molecule has 0 bridgehead atoms. The van der Waals surface area contributed by atoms with E-state index in [0.717, 1.165) is 19.0 Å². The van der Waals surface area contributed by atoms with Gasteiger partial charge in [-0.1, -0.05) is 12.8 Å².